The molecule has 3 amide bonds. The fourth-order valence-corrected chi connectivity index (χ4v) is 6.72. The second-order valence-electron chi connectivity index (χ2n) is 16.9. The van der Waals surface area contributed by atoms with E-state index in [0.717, 1.165) is 5.56 Å². The lowest BCUT2D eigenvalue weighted by atomic mass is 9.80. The van der Waals surface area contributed by atoms with Crippen molar-refractivity contribution in [2.75, 3.05) is 13.1 Å². The molecule has 1 N–H and O–H groups in total. The van der Waals surface area contributed by atoms with Crippen molar-refractivity contribution in [2.45, 2.75) is 161 Å². The van der Waals surface area contributed by atoms with Crippen LogP contribution in [0.4, 0.5) is 9.59 Å². The molecule has 4 rings (SSSR count). The van der Waals surface area contributed by atoms with Gasteiger partial charge in [-0.15, -0.1) is 0 Å². The number of hydrogen-bond donors (Lipinski definition) is 1. The number of esters is 1. The molecule has 0 aliphatic carbocycles. The zero-order valence-electron chi connectivity index (χ0n) is 31.8. The Morgan fingerprint density at radius 3 is 2.10 bits per heavy atom. The standard InChI is InChI=1S/C37H58BN3O9/c1-33(2,3)47-31(44)40-22-16-19-28(40)29(42)39-27-23-37(41(24-27)32(45)48-34(4,5)6,30(43)46-25-26-17-12-11-13-18-26)20-14-15-21-38-49-35(7,8)36(9,10)50-38/h11-13,17-18,27-28H,14-16,19-25H2,1-10H3,(H,39,42)/t27-,28+,37-/m1/s1. The fourth-order valence-electron chi connectivity index (χ4n) is 6.72. The van der Waals surface area contributed by atoms with Crippen LogP contribution in [-0.2, 0) is 39.7 Å². The van der Waals surface area contributed by atoms with E-state index < -0.39 is 65.3 Å². The Morgan fingerprint density at radius 2 is 1.50 bits per heavy atom. The number of hydrogen-bond acceptors (Lipinski definition) is 9. The minimum absolute atomic E-state index is 0.0292. The van der Waals surface area contributed by atoms with Crippen LogP contribution in [0.2, 0.25) is 6.32 Å². The highest BCUT2D eigenvalue weighted by Gasteiger charge is 2.56. The Labute approximate surface area is 298 Å². The van der Waals surface area contributed by atoms with Gasteiger partial charge in [-0.25, -0.2) is 14.4 Å². The molecule has 1 aromatic rings. The van der Waals surface area contributed by atoms with E-state index in [1.807, 2.05) is 58.0 Å². The maximum atomic E-state index is 14.3. The van der Waals surface area contributed by atoms with E-state index in [1.54, 1.807) is 41.5 Å². The van der Waals surface area contributed by atoms with Crippen LogP contribution in [0.5, 0.6) is 0 Å². The van der Waals surface area contributed by atoms with Gasteiger partial charge >= 0.3 is 25.3 Å². The van der Waals surface area contributed by atoms with E-state index in [0.29, 0.717) is 38.5 Å². The largest absolute Gasteiger partial charge is 0.459 e. The monoisotopic (exact) mass is 699 g/mol. The normalized spacial score (nSPS) is 24.6. The average Bonchev–Trinajstić information content (AvgIpc) is 3.67. The van der Waals surface area contributed by atoms with Crippen LogP contribution in [-0.4, -0.2) is 94.1 Å². The van der Waals surface area contributed by atoms with Crippen LogP contribution in [0.25, 0.3) is 0 Å². The average molecular weight is 700 g/mol. The lowest BCUT2D eigenvalue weighted by Gasteiger charge is -2.37. The van der Waals surface area contributed by atoms with Gasteiger partial charge in [0, 0.05) is 25.6 Å². The van der Waals surface area contributed by atoms with Gasteiger partial charge in [-0.05, 0) is 100 Å². The molecule has 3 aliphatic rings. The Balaban J connectivity index is 1.56. The van der Waals surface area contributed by atoms with Gasteiger partial charge in [-0.1, -0.05) is 43.2 Å². The van der Waals surface area contributed by atoms with Gasteiger partial charge in [0.25, 0.3) is 0 Å². The van der Waals surface area contributed by atoms with Crippen LogP contribution in [0, 0.1) is 0 Å². The molecule has 3 heterocycles. The summed E-state index contributed by atoms with van der Waals surface area (Å²) in [6.45, 7) is 19.2. The highest BCUT2D eigenvalue weighted by atomic mass is 16.7. The van der Waals surface area contributed by atoms with E-state index in [4.69, 9.17) is 23.5 Å². The smallest absolute Gasteiger partial charge is 0.457 e. The first kappa shape index (κ1) is 39.5. The predicted octanol–water partition coefficient (Wildman–Crippen LogP) is 6.26. The van der Waals surface area contributed by atoms with Crippen LogP contribution in [0.1, 0.15) is 113 Å². The molecule has 0 radical (unpaired) electrons. The number of unbranched alkanes of at least 4 members (excludes halogenated alkanes) is 1. The van der Waals surface area contributed by atoms with Crippen molar-refractivity contribution in [1.82, 2.24) is 15.1 Å². The second-order valence-corrected chi connectivity index (χ2v) is 16.9. The number of likely N-dealkylation sites (tertiary alicyclic amines) is 2. The van der Waals surface area contributed by atoms with E-state index in [1.165, 1.54) is 9.80 Å². The number of nitrogens with one attached hydrogen (secondary N) is 1. The Morgan fingerprint density at radius 1 is 0.900 bits per heavy atom. The predicted molar refractivity (Wildman–Crippen MR) is 189 cm³/mol. The quantitative estimate of drug-likeness (QED) is 0.130. The summed E-state index contributed by atoms with van der Waals surface area (Å²) in [7, 11) is -0.391. The lowest BCUT2D eigenvalue weighted by molar-refractivity contribution is -0.158. The molecular weight excluding hydrogens is 641 g/mol. The van der Waals surface area contributed by atoms with Gasteiger partial charge in [-0.3, -0.25) is 14.6 Å². The number of nitrogens with zero attached hydrogens (tertiary/aromatic N) is 2. The van der Waals surface area contributed by atoms with Crippen LogP contribution < -0.4 is 5.32 Å². The maximum absolute atomic E-state index is 14.3. The number of carbonyl (C=O) groups excluding carboxylic acids is 4. The van der Waals surface area contributed by atoms with Gasteiger partial charge in [0.1, 0.15) is 29.4 Å². The molecule has 50 heavy (non-hydrogen) atoms. The molecule has 3 aliphatic heterocycles. The van der Waals surface area contributed by atoms with Gasteiger partial charge in [0.2, 0.25) is 5.91 Å². The van der Waals surface area contributed by atoms with Crippen LogP contribution >= 0.6 is 0 Å². The molecule has 0 bridgehead atoms. The molecule has 0 unspecified atom stereocenters. The Bertz CT molecular complexity index is 1360. The highest BCUT2D eigenvalue weighted by molar-refractivity contribution is 6.45. The van der Waals surface area contributed by atoms with Gasteiger partial charge < -0.3 is 28.8 Å². The molecule has 3 fully saturated rings. The lowest BCUT2D eigenvalue weighted by Crippen LogP contribution is -2.55. The van der Waals surface area contributed by atoms with Crippen molar-refractivity contribution >= 4 is 31.2 Å². The van der Waals surface area contributed by atoms with E-state index in [2.05, 4.69) is 5.32 Å². The third-order valence-electron chi connectivity index (χ3n) is 9.82. The summed E-state index contributed by atoms with van der Waals surface area (Å²) in [5, 5.41) is 3.07. The summed E-state index contributed by atoms with van der Waals surface area (Å²) in [5.74, 6) is -0.910. The second kappa shape index (κ2) is 15.1. The number of benzene rings is 1. The number of ether oxygens (including phenoxy) is 3. The first-order valence-corrected chi connectivity index (χ1v) is 18.0. The molecule has 0 saturated carbocycles. The van der Waals surface area contributed by atoms with Crippen LogP contribution in [0.3, 0.4) is 0 Å². The summed E-state index contributed by atoms with van der Waals surface area (Å²) >= 11 is 0. The molecule has 12 nitrogen and oxygen atoms in total. The van der Waals surface area contributed by atoms with E-state index >= 15 is 0 Å². The van der Waals surface area contributed by atoms with Crippen molar-refractivity contribution in [3.8, 4) is 0 Å². The molecule has 3 atom stereocenters. The zero-order valence-corrected chi connectivity index (χ0v) is 31.8. The zero-order chi connectivity index (χ0) is 37.1. The number of amides is 3. The van der Waals surface area contributed by atoms with Gasteiger partial charge in [-0.2, -0.15) is 0 Å². The minimum Gasteiger partial charge on any atom is -0.459 e. The van der Waals surface area contributed by atoms with Crippen molar-refractivity contribution < 1.29 is 42.7 Å². The fraction of sp³-hybridized carbons (Fsp3) is 0.730. The molecule has 278 valence electrons. The summed E-state index contributed by atoms with van der Waals surface area (Å²) < 4.78 is 29.7. The summed E-state index contributed by atoms with van der Waals surface area (Å²) in [6.07, 6.45) is 2.17. The SMILES string of the molecule is CC(C)(C)OC(=O)N1CCC[C@H]1C(=O)N[C@H]1CN(C(=O)OC(C)(C)C)[C@@](CCCCB2OC(C)(C)C(C)(C)O2)(C(=O)OCc2ccccc2)C1. The molecule has 1 aromatic carbocycles. The van der Waals surface area contributed by atoms with Crippen LogP contribution in [0.15, 0.2) is 30.3 Å². The van der Waals surface area contributed by atoms with Crippen molar-refractivity contribution in [2.24, 2.45) is 0 Å². The molecular formula is C37H58BN3O9. The Kier molecular flexibility index (Phi) is 11.9. The van der Waals surface area contributed by atoms with E-state index in [9.17, 15) is 19.2 Å². The third kappa shape index (κ3) is 9.72. The summed E-state index contributed by atoms with van der Waals surface area (Å²) in [6, 6.07) is 8.04. The highest BCUT2D eigenvalue weighted by Crippen LogP contribution is 2.40. The maximum Gasteiger partial charge on any atom is 0.457 e. The van der Waals surface area contributed by atoms with Gasteiger partial charge in [0.05, 0.1) is 11.2 Å². The van der Waals surface area contributed by atoms with Crippen molar-refractivity contribution in [1.29, 1.82) is 0 Å². The van der Waals surface area contributed by atoms with Gasteiger partial charge in [0.15, 0.2) is 0 Å². The first-order chi connectivity index (χ1) is 23.1. The topological polar surface area (TPSA) is 133 Å². The number of rotatable bonds is 10. The van der Waals surface area contributed by atoms with Crippen molar-refractivity contribution in [3.63, 3.8) is 0 Å². The molecule has 0 spiro atoms. The third-order valence-corrected chi connectivity index (χ3v) is 9.82. The number of carbonyl (C=O) groups is 4. The summed E-state index contributed by atoms with van der Waals surface area (Å²) in [5.41, 5.74) is -3.04. The van der Waals surface area contributed by atoms with E-state index in [-0.39, 0.29) is 31.9 Å². The Hall–Kier alpha value is -3.32. The summed E-state index contributed by atoms with van der Waals surface area (Å²) in [4.78, 5) is 57.8. The minimum atomic E-state index is -1.41. The first-order valence-electron chi connectivity index (χ1n) is 18.0. The molecule has 3 saturated heterocycles. The molecule has 0 aromatic heterocycles. The van der Waals surface area contributed by atoms with Crippen molar-refractivity contribution in [3.05, 3.63) is 35.9 Å². The molecule has 13 heteroatoms.